The second kappa shape index (κ2) is 8.03. The first-order valence-corrected chi connectivity index (χ1v) is 6.66. The van der Waals surface area contributed by atoms with Gasteiger partial charge < -0.3 is 10.6 Å². The van der Waals surface area contributed by atoms with Gasteiger partial charge in [-0.15, -0.1) is 12.4 Å². The van der Waals surface area contributed by atoms with Gasteiger partial charge in [-0.25, -0.2) is 4.98 Å². The number of pyridine rings is 1. The summed E-state index contributed by atoms with van der Waals surface area (Å²) in [6, 6.07) is 4.09. The molecule has 0 bridgehead atoms. The van der Waals surface area contributed by atoms with Crippen LogP contribution in [-0.4, -0.2) is 24.6 Å². The van der Waals surface area contributed by atoms with Crippen molar-refractivity contribution < 1.29 is 0 Å². The van der Waals surface area contributed by atoms with Crippen LogP contribution in [0.2, 0.25) is 0 Å². The first-order valence-electron chi connectivity index (χ1n) is 5.86. The van der Waals surface area contributed by atoms with Gasteiger partial charge in [-0.3, -0.25) is 0 Å². The quantitative estimate of drug-likeness (QED) is 0.836. The zero-order valence-corrected chi connectivity index (χ0v) is 12.2. The Hall–Kier alpha value is -0.160. The predicted molar refractivity (Wildman–Crippen MR) is 76.5 cm³/mol. The summed E-state index contributed by atoms with van der Waals surface area (Å²) in [5.41, 5.74) is 1.24. The van der Waals surface area contributed by atoms with Crippen molar-refractivity contribution in [2.24, 2.45) is 5.92 Å². The summed E-state index contributed by atoms with van der Waals surface area (Å²) >= 11 is 3.34. The fourth-order valence-corrected chi connectivity index (χ4v) is 2.26. The molecule has 0 aliphatic carbocycles. The van der Waals surface area contributed by atoms with Crippen LogP contribution < -0.4 is 10.6 Å². The van der Waals surface area contributed by atoms with Crippen LogP contribution in [0.5, 0.6) is 0 Å². The minimum atomic E-state index is 0. The van der Waals surface area contributed by atoms with Gasteiger partial charge in [-0.05, 0) is 66.0 Å². The molecule has 3 nitrogen and oxygen atoms in total. The molecule has 0 saturated carbocycles. The van der Waals surface area contributed by atoms with E-state index in [9.17, 15) is 0 Å². The monoisotopic (exact) mass is 319 g/mol. The Balaban J connectivity index is 0.00000144. The summed E-state index contributed by atoms with van der Waals surface area (Å²) in [5.74, 6) is 0.789. The van der Waals surface area contributed by atoms with Crippen molar-refractivity contribution >= 4 is 28.3 Å². The van der Waals surface area contributed by atoms with E-state index >= 15 is 0 Å². The Labute approximate surface area is 117 Å². The van der Waals surface area contributed by atoms with Crippen LogP contribution in [0.3, 0.4) is 0 Å². The number of nitrogens with one attached hydrogen (secondary N) is 2. The van der Waals surface area contributed by atoms with Gasteiger partial charge in [0.2, 0.25) is 0 Å². The molecule has 17 heavy (non-hydrogen) atoms. The maximum absolute atomic E-state index is 4.21. The SMILES string of the molecule is Brc1ccc(CNCC2CCCNC2)cn1.Cl. The molecule has 1 aromatic heterocycles. The van der Waals surface area contributed by atoms with Crippen LogP contribution in [0.1, 0.15) is 18.4 Å². The summed E-state index contributed by atoms with van der Waals surface area (Å²) in [5, 5.41) is 6.93. The molecule has 2 N–H and O–H groups in total. The van der Waals surface area contributed by atoms with Crippen LogP contribution in [0.25, 0.3) is 0 Å². The van der Waals surface area contributed by atoms with Crippen molar-refractivity contribution in [3.8, 4) is 0 Å². The van der Waals surface area contributed by atoms with Crippen molar-refractivity contribution in [1.29, 1.82) is 0 Å². The molecule has 0 amide bonds. The molecule has 1 fully saturated rings. The van der Waals surface area contributed by atoms with Crippen molar-refractivity contribution in [2.75, 3.05) is 19.6 Å². The molecule has 1 saturated heterocycles. The first kappa shape index (κ1) is 14.9. The predicted octanol–water partition coefficient (Wildman–Crippen LogP) is 2.36. The highest BCUT2D eigenvalue weighted by Crippen LogP contribution is 2.09. The number of hydrogen-bond acceptors (Lipinski definition) is 3. The van der Waals surface area contributed by atoms with Crippen LogP contribution in [0.4, 0.5) is 0 Å². The Morgan fingerprint density at radius 2 is 2.35 bits per heavy atom. The van der Waals surface area contributed by atoms with Crippen molar-refractivity contribution in [2.45, 2.75) is 19.4 Å². The molecule has 1 aliphatic rings. The minimum absolute atomic E-state index is 0. The van der Waals surface area contributed by atoms with E-state index < -0.39 is 0 Å². The van der Waals surface area contributed by atoms with E-state index in [0.29, 0.717) is 0 Å². The van der Waals surface area contributed by atoms with Gasteiger partial charge in [0.25, 0.3) is 0 Å². The van der Waals surface area contributed by atoms with Gasteiger partial charge in [0.05, 0.1) is 0 Å². The second-order valence-corrected chi connectivity index (χ2v) is 5.14. The fourth-order valence-electron chi connectivity index (χ4n) is 2.03. The number of aromatic nitrogens is 1. The number of nitrogens with zero attached hydrogens (tertiary/aromatic N) is 1. The number of halogens is 2. The lowest BCUT2D eigenvalue weighted by atomic mass is 10.00. The summed E-state index contributed by atoms with van der Waals surface area (Å²) in [6.45, 7) is 4.36. The van der Waals surface area contributed by atoms with E-state index in [1.54, 1.807) is 0 Å². The molecule has 0 radical (unpaired) electrons. The summed E-state index contributed by atoms with van der Waals surface area (Å²) < 4.78 is 0.896. The third kappa shape index (κ3) is 5.34. The lowest BCUT2D eigenvalue weighted by Gasteiger charge is -2.22. The molecule has 1 unspecified atom stereocenters. The lowest BCUT2D eigenvalue weighted by Crippen LogP contribution is -2.35. The minimum Gasteiger partial charge on any atom is -0.316 e. The zero-order chi connectivity index (χ0) is 11.2. The highest BCUT2D eigenvalue weighted by molar-refractivity contribution is 9.10. The van der Waals surface area contributed by atoms with E-state index in [-0.39, 0.29) is 12.4 Å². The molecule has 5 heteroatoms. The molecule has 1 atom stereocenters. The Morgan fingerprint density at radius 3 is 3.00 bits per heavy atom. The van der Waals surface area contributed by atoms with Gasteiger partial charge in [0.1, 0.15) is 4.60 Å². The highest BCUT2D eigenvalue weighted by Gasteiger charge is 2.11. The molecule has 1 aromatic rings. The van der Waals surface area contributed by atoms with E-state index in [1.807, 2.05) is 12.3 Å². The maximum Gasteiger partial charge on any atom is 0.106 e. The van der Waals surface area contributed by atoms with Gasteiger partial charge >= 0.3 is 0 Å². The summed E-state index contributed by atoms with van der Waals surface area (Å²) in [4.78, 5) is 4.21. The van der Waals surface area contributed by atoms with Gasteiger partial charge in [-0.1, -0.05) is 6.07 Å². The maximum atomic E-state index is 4.21. The third-order valence-corrected chi connectivity index (χ3v) is 3.42. The molecule has 0 spiro atoms. The Bertz CT molecular complexity index is 312. The molecular formula is C12H19BrClN3. The van der Waals surface area contributed by atoms with Crippen molar-refractivity contribution in [3.05, 3.63) is 28.5 Å². The largest absolute Gasteiger partial charge is 0.316 e. The molecule has 1 aliphatic heterocycles. The van der Waals surface area contributed by atoms with Gasteiger partial charge in [0, 0.05) is 12.7 Å². The highest BCUT2D eigenvalue weighted by atomic mass is 79.9. The van der Waals surface area contributed by atoms with E-state index in [1.165, 1.54) is 24.9 Å². The van der Waals surface area contributed by atoms with Crippen LogP contribution in [0.15, 0.2) is 22.9 Å². The topological polar surface area (TPSA) is 37.0 Å². The van der Waals surface area contributed by atoms with E-state index in [2.05, 4.69) is 37.6 Å². The zero-order valence-electron chi connectivity index (χ0n) is 9.79. The Morgan fingerprint density at radius 1 is 1.47 bits per heavy atom. The van der Waals surface area contributed by atoms with Crippen LogP contribution in [-0.2, 0) is 6.54 Å². The smallest absolute Gasteiger partial charge is 0.106 e. The van der Waals surface area contributed by atoms with Crippen LogP contribution >= 0.6 is 28.3 Å². The van der Waals surface area contributed by atoms with E-state index in [0.717, 1.165) is 30.2 Å². The number of piperidine rings is 1. The van der Waals surface area contributed by atoms with Gasteiger partial charge in [-0.2, -0.15) is 0 Å². The Kier molecular flexibility index (Phi) is 7.04. The van der Waals surface area contributed by atoms with Crippen molar-refractivity contribution in [1.82, 2.24) is 15.6 Å². The van der Waals surface area contributed by atoms with Crippen LogP contribution in [0, 0.1) is 5.92 Å². The number of rotatable bonds is 4. The molecule has 2 rings (SSSR count). The summed E-state index contributed by atoms with van der Waals surface area (Å²) in [6.07, 6.45) is 4.57. The normalized spacial score (nSPS) is 19.7. The molecule has 2 heterocycles. The number of hydrogen-bond donors (Lipinski definition) is 2. The van der Waals surface area contributed by atoms with Gasteiger partial charge in [0.15, 0.2) is 0 Å². The van der Waals surface area contributed by atoms with Crippen molar-refractivity contribution in [3.63, 3.8) is 0 Å². The molecule has 96 valence electrons. The van der Waals surface area contributed by atoms with E-state index in [4.69, 9.17) is 0 Å². The average molecular weight is 321 g/mol. The fraction of sp³-hybridized carbons (Fsp3) is 0.583. The standard InChI is InChI=1S/C12H18BrN3.ClH/c13-12-4-3-11(9-16-12)8-15-7-10-2-1-5-14-6-10;/h3-4,9-10,14-15H,1-2,5-8H2;1H. The first-order chi connectivity index (χ1) is 7.84. The molecular weight excluding hydrogens is 302 g/mol. The lowest BCUT2D eigenvalue weighted by molar-refractivity contribution is 0.360. The summed E-state index contributed by atoms with van der Waals surface area (Å²) in [7, 11) is 0. The average Bonchev–Trinajstić information content (AvgIpc) is 2.33. The third-order valence-electron chi connectivity index (χ3n) is 2.95. The second-order valence-electron chi connectivity index (χ2n) is 4.33. The molecule has 0 aromatic carbocycles.